The molecule has 1 amide bonds. The minimum absolute atomic E-state index is 0.0384. The zero-order chi connectivity index (χ0) is 16.7. The Balaban J connectivity index is 1.46. The molecule has 2 aromatic rings. The van der Waals surface area contributed by atoms with Gasteiger partial charge in [-0.1, -0.05) is 12.1 Å². The summed E-state index contributed by atoms with van der Waals surface area (Å²) in [6, 6.07) is 4.85. The second kappa shape index (κ2) is 6.16. The number of nitrogens with zero attached hydrogens (tertiary/aromatic N) is 2. The molecular formula is C18H19FN2O2S. The number of amides is 1. The highest BCUT2D eigenvalue weighted by atomic mass is 32.1. The monoisotopic (exact) mass is 346 g/mol. The number of carbonyl (C=O) groups excluding carboxylic acids is 1. The fraction of sp³-hybridized carbons (Fsp3) is 0.444. The first kappa shape index (κ1) is 15.6. The molecule has 1 aromatic carbocycles. The summed E-state index contributed by atoms with van der Waals surface area (Å²) >= 11 is 1.66. The minimum atomic E-state index is -0.603. The van der Waals surface area contributed by atoms with Gasteiger partial charge in [-0.15, -0.1) is 11.3 Å². The molecule has 24 heavy (non-hydrogen) atoms. The van der Waals surface area contributed by atoms with Gasteiger partial charge in [0.15, 0.2) is 17.7 Å². The van der Waals surface area contributed by atoms with E-state index in [0.29, 0.717) is 18.9 Å². The normalized spacial score (nSPS) is 23.0. The second-order valence-electron chi connectivity index (χ2n) is 6.49. The number of aryl methyl sites for hydroxylation is 1. The first-order valence-corrected chi connectivity index (χ1v) is 9.14. The number of likely N-dealkylation sites (tertiary alicyclic amines) is 1. The van der Waals surface area contributed by atoms with Gasteiger partial charge in [-0.05, 0) is 25.8 Å². The smallest absolute Gasteiger partial charge is 0.264 e. The van der Waals surface area contributed by atoms with Crippen LogP contribution in [0.25, 0.3) is 0 Å². The molecular weight excluding hydrogens is 327 g/mol. The molecule has 0 spiro atoms. The third-order valence-corrected chi connectivity index (χ3v) is 5.83. The van der Waals surface area contributed by atoms with Crippen LogP contribution >= 0.6 is 11.3 Å². The van der Waals surface area contributed by atoms with Crippen LogP contribution in [0.5, 0.6) is 5.75 Å². The summed E-state index contributed by atoms with van der Waals surface area (Å²) in [5.74, 6) is 0.100. The Bertz CT molecular complexity index is 776. The molecule has 126 valence electrons. The zero-order valence-corrected chi connectivity index (χ0v) is 14.3. The summed E-state index contributed by atoms with van der Waals surface area (Å²) in [6.07, 6.45) is 1.86. The Labute approximate surface area is 144 Å². The van der Waals surface area contributed by atoms with Crippen molar-refractivity contribution in [2.75, 3.05) is 13.1 Å². The Hall–Kier alpha value is -1.95. The highest BCUT2D eigenvalue weighted by Gasteiger charge is 2.36. The van der Waals surface area contributed by atoms with Crippen LogP contribution in [0, 0.1) is 12.7 Å². The lowest BCUT2D eigenvalue weighted by molar-refractivity contribution is -0.139. The predicted molar refractivity (Wildman–Crippen MR) is 89.9 cm³/mol. The van der Waals surface area contributed by atoms with Crippen LogP contribution in [-0.2, 0) is 11.2 Å². The number of thiazole rings is 1. The van der Waals surface area contributed by atoms with E-state index in [4.69, 9.17) is 4.74 Å². The quantitative estimate of drug-likeness (QED) is 0.838. The van der Waals surface area contributed by atoms with Gasteiger partial charge >= 0.3 is 0 Å². The molecule has 1 saturated heterocycles. The number of halogens is 1. The van der Waals surface area contributed by atoms with Crippen LogP contribution in [0.1, 0.15) is 35.0 Å². The number of aromatic nitrogens is 1. The van der Waals surface area contributed by atoms with Crippen molar-refractivity contribution in [2.45, 2.75) is 38.2 Å². The van der Waals surface area contributed by atoms with Crippen molar-refractivity contribution in [2.24, 2.45) is 0 Å². The SMILES string of the molecule is Cc1csc(C2CCCN(C(=O)C3Cc4cccc(F)c4O3)C2)n1. The molecule has 2 aliphatic rings. The van der Waals surface area contributed by atoms with E-state index >= 15 is 0 Å². The number of hydrogen-bond donors (Lipinski definition) is 0. The minimum Gasteiger partial charge on any atom is -0.477 e. The summed E-state index contributed by atoms with van der Waals surface area (Å²) in [5, 5.41) is 3.15. The maximum Gasteiger partial charge on any atom is 0.264 e. The number of benzene rings is 1. The van der Waals surface area contributed by atoms with E-state index < -0.39 is 11.9 Å². The fourth-order valence-corrected chi connectivity index (χ4v) is 4.44. The lowest BCUT2D eigenvalue weighted by Crippen LogP contribution is -2.45. The summed E-state index contributed by atoms with van der Waals surface area (Å²) in [6.45, 7) is 3.40. The lowest BCUT2D eigenvalue weighted by atomic mass is 9.98. The number of piperidine rings is 1. The zero-order valence-electron chi connectivity index (χ0n) is 13.5. The number of carbonyl (C=O) groups is 1. The summed E-state index contributed by atoms with van der Waals surface area (Å²) in [7, 11) is 0. The number of fused-ring (bicyclic) bond motifs is 1. The first-order valence-electron chi connectivity index (χ1n) is 8.26. The average molecular weight is 346 g/mol. The Morgan fingerprint density at radius 1 is 1.46 bits per heavy atom. The Morgan fingerprint density at radius 2 is 2.33 bits per heavy atom. The van der Waals surface area contributed by atoms with E-state index in [2.05, 4.69) is 10.4 Å². The van der Waals surface area contributed by atoms with E-state index in [1.807, 2.05) is 17.9 Å². The topological polar surface area (TPSA) is 42.4 Å². The number of para-hydroxylation sites is 1. The average Bonchev–Trinajstić information content (AvgIpc) is 3.21. The van der Waals surface area contributed by atoms with Gasteiger partial charge in [0.05, 0.1) is 5.01 Å². The van der Waals surface area contributed by atoms with E-state index in [0.717, 1.165) is 35.7 Å². The summed E-state index contributed by atoms with van der Waals surface area (Å²) in [5.41, 5.74) is 1.81. The largest absolute Gasteiger partial charge is 0.477 e. The molecule has 4 nitrogen and oxygen atoms in total. The summed E-state index contributed by atoms with van der Waals surface area (Å²) in [4.78, 5) is 19.3. The Morgan fingerprint density at radius 3 is 3.08 bits per heavy atom. The highest BCUT2D eigenvalue weighted by molar-refractivity contribution is 7.09. The molecule has 2 atom stereocenters. The molecule has 4 rings (SSSR count). The number of hydrogen-bond acceptors (Lipinski definition) is 4. The molecule has 3 heterocycles. The van der Waals surface area contributed by atoms with Crippen molar-refractivity contribution < 1.29 is 13.9 Å². The van der Waals surface area contributed by atoms with Gasteiger partial charge in [-0.3, -0.25) is 4.79 Å². The molecule has 0 radical (unpaired) electrons. The first-order chi connectivity index (χ1) is 11.6. The molecule has 6 heteroatoms. The number of rotatable bonds is 2. The predicted octanol–water partition coefficient (Wildman–Crippen LogP) is 3.30. The molecule has 1 aromatic heterocycles. The second-order valence-corrected chi connectivity index (χ2v) is 7.38. The van der Waals surface area contributed by atoms with E-state index in [9.17, 15) is 9.18 Å². The van der Waals surface area contributed by atoms with Crippen LogP contribution < -0.4 is 4.74 Å². The maximum atomic E-state index is 13.8. The van der Waals surface area contributed by atoms with Gasteiger partial charge in [0.1, 0.15) is 0 Å². The van der Waals surface area contributed by atoms with Crippen LogP contribution in [0.15, 0.2) is 23.6 Å². The van der Waals surface area contributed by atoms with Crippen molar-refractivity contribution in [3.05, 3.63) is 45.7 Å². The van der Waals surface area contributed by atoms with Gasteiger partial charge in [-0.25, -0.2) is 9.37 Å². The molecule has 2 unspecified atom stereocenters. The standard InChI is InChI=1S/C18H19FN2O2S/c1-11-10-24-17(20-11)13-5-3-7-21(9-13)18(22)15-8-12-4-2-6-14(19)16(12)23-15/h2,4,6,10,13,15H,3,5,7-9H2,1H3. The molecule has 1 fully saturated rings. The lowest BCUT2D eigenvalue weighted by Gasteiger charge is -2.33. The van der Waals surface area contributed by atoms with E-state index in [1.54, 1.807) is 17.4 Å². The maximum absolute atomic E-state index is 13.8. The van der Waals surface area contributed by atoms with Gasteiger partial charge in [-0.2, -0.15) is 0 Å². The van der Waals surface area contributed by atoms with Crippen LogP contribution in [0.2, 0.25) is 0 Å². The third-order valence-electron chi connectivity index (χ3n) is 4.71. The van der Waals surface area contributed by atoms with Crippen molar-refractivity contribution in [3.63, 3.8) is 0 Å². The van der Waals surface area contributed by atoms with Crippen LogP contribution in [-0.4, -0.2) is 35.0 Å². The molecule has 0 aliphatic carbocycles. The fourth-order valence-electron chi connectivity index (χ4n) is 3.51. The van der Waals surface area contributed by atoms with Crippen LogP contribution in [0.4, 0.5) is 4.39 Å². The van der Waals surface area contributed by atoms with Crippen molar-refractivity contribution in [1.82, 2.24) is 9.88 Å². The highest BCUT2D eigenvalue weighted by Crippen LogP contribution is 2.34. The van der Waals surface area contributed by atoms with E-state index in [1.165, 1.54) is 6.07 Å². The molecule has 2 aliphatic heterocycles. The van der Waals surface area contributed by atoms with Gasteiger partial charge in [0.25, 0.3) is 5.91 Å². The van der Waals surface area contributed by atoms with Crippen molar-refractivity contribution in [1.29, 1.82) is 0 Å². The van der Waals surface area contributed by atoms with E-state index in [-0.39, 0.29) is 11.7 Å². The molecule has 0 bridgehead atoms. The Kier molecular flexibility index (Phi) is 4.00. The van der Waals surface area contributed by atoms with Gasteiger partial charge < -0.3 is 9.64 Å². The van der Waals surface area contributed by atoms with Gasteiger partial charge in [0, 0.05) is 42.1 Å². The molecule has 0 N–H and O–H groups in total. The summed E-state index contributed by atoms with van der Waals surface area (Å²) < 4.78 is 19.4. The van der Waals surface area contributed by atoms with Crippen molar-refractivity contribution >= 4 is 17.2 Å². The van der Waals surface area contributed by atoms with Gasteiger partial charge in [0.2, 0.25) is 0 Å². The van der Waals surface area contributed by atoms with Crippen LogP contribution in [0.3, 0.4) is 0 Å². The molecule has 0 saturated carbocycles. The number of ether oxygens (including phenoxy) is 1. The third kappa shape index (κ3) is 2.79. The van der Waals surface area contributed by atoms with Crippen molar-refractivity contribution in [3.8, 4) is 5.75 Å².